The van der Waals surface area contributed by atoms with Crippen molar-refractivity contribution in [1.82, 2.24) is 5.32 Å². The number of hydrogen-bond acceptors (Lipinski definition) is 3. The number of rotatable bonds is 6. The van der Waals surface area contributed by atoms with Crippen molar-refractivity contribution in [2.75, 3.05) is 7.11 Å². The standard InChI is InChI=1S/C20H25NO3/c1-13-10-11-14(2)17(12-13)15(3)21-20(22)16(4)24-19-9-7-6-8-18(19)23-5/h6-12,15-16H,1-5H3,(H,21,22)/t15-,16+/m0/s1. The minimum absolute atomic E-state index is 0.0823. The quantitative estimate of drug-likeness (QED) is 0.874. The summed E-state index contributed by atoms with van der Waals surface area (Å²) in [7, 11) is 1.58. The molecule has 1 N–H and O–H groups in total. The Labute approximate surface area is 143 Å². The van der Waals surface area contributed by atoms with Gasteiger partial charge in [0.05, 0.1) is 13.2 Å². The summed E-state index contributed by atoms with van der Waals surface area (Å²) in [4.78, 5) is 12.5. The number of para-hydroxylation sites is 2. The van der Waals surface area contributed by atoms with Crippen molar-refractivity contribution < 1.29 is 14.3 Å². The number of nitrogens with one attached hydrogen (secondary N) is 1. The molecule has 128 valence electrons. The van der Waals surface area contributed by atoms with Gasteiger partial charge in [0.15, 0.2) is 17.6 Å². The summed E-state index contributed by atoms with van der Waals surface area (Å²) in [6, 6.07) is 13.5. The normalized spacial score (nSPS) is 13.0. The zero-order valence-corrected chi connectivity index (χ0v) is 14.9. The lowest BCUT2D eigenvalue weighted by molar-refractivity contribution is -0.127. The second kappa shape index (κ2) is 7.86. The summed E-state index contributed by atoms with van der Waals surface area (Å²) >= 11 is 0. The molecule has 2 rings (SSSR count). The fourth-order valence-electron chi connectivity index (χ4n) is 2.60. The first-order chi connectivity index (χ1) is 11.4. The summed E-state index contributed by atoms with van der Waals surface area (Å²) in [6.07, 6.45) is -0.617. The van der Waals surface area contributed by atoms with Gasteiger partial charge in [0.2, 0.25) is 0 Å². The fourth-order valence-corrected chi connectivity index (χ4v) is 2.60. The molecule has 0 aliphatic rings. The lowest BCUT2D eigenvalue weighted by Crippen LogP contribution is -2.38. The van der Waals surface area contributed by atoms with Crippen molar-refractivity contribution in [3.05, 3.63) is 59.2 Å². The molecule has 2 atom stereocenters. The zero-order chi connectivity index (χ0) is 17.7. The van der Waals surface area contributed by atoms with Crippen LogP contribution in [0.4, 0.5) is 0 Å². The minimum atomic E-state index is -0.617. The molecule has 0 bridgehead atoms. The highest BCUT2D eigenvalue weighted by Gasteiger charge is 2.19. The highest BCUT2D eigenvalue weighted by atomic mass is 16.5. The largest absolute Gasteiger partial charge is 0.493 e. The maximum absolute atomic E-state index is 12.5. The van der Waals surface area contributed by atoms with Crippen molar-refractivity contribution in [3.8, 4) is 11.5 Å². The summed E-state index contributed by atoms with van der Waals surface area (Å²) in [6.45, 7) is 7.81. The van der Waals surface area contributed by atoms with Crippen molar-refractivity contribution in [1.29, 1.82) is 0 Å². The topological polar surface area (TPSA) is 47.6 Å². The predicted octanol–water partition coefficient (Wildman–Crippen LogP) is 3.96. The minimum Gasteiger partial charge on any atom is -0.493 e. The molecule has 0 unspecified atom stereocenters. The van der Waals surface area contributed by atoms with Crippen LogP contribution in [0.2, 0.25) is 0 Å². The number of carbonyl (C=O) groups is 1. The van der Waals surface area contributed by atoms with Crippen LogP contribution in [-0.4, -0.2) is 19.1 Å². The van der Waals surface area contributed by atoms with Gasteiger partial charge in [-0.2, -0.15) is 0 Å². The first kappa shape index (κ1) is 17.9. The Morgan fingerprint density at radius 3 is 2.38 bits per heavy atom. The molecular formula is C20H25NO3. The lowest BCUT2D eigenvalue weighted by atomic mass is 10.00. The number of ether oxygens (including phenoxy) is 2. The summed E-state index contributed by atoms with van der Waals surface area (Å²) in [5, 5.41) is 3.02. The van der Waals surface area contributed by atoms with E-state index in [1.807, 2.05) is 32.9 Å². The van der Waals surface area contributed by atoms with Gasteiger partial charge in [-0.15, -0.1) is 0 Å². The Hall–Kier alpha value is -2.49. The van der Waals surface area contributed by atoms with Gasteiger partial charge in [0.1, 0.15) is 0 Å². The number of hydrogen-bond donors (Lipinski definition) is 1. The van der Waals surface area contributed by atoms with Crippen LogP contribution in [0.3, 0.4) is 0 Å². The lowest BCUT2D eigenvalue weighted by Gasteiger charge is -2.21. The fraction of sp³-hybridized carbons (Fsp3) is 0.350. The van der Waals surface area contributed by atoms with Crippen LogP contribution in [0.25, 0.3) is 0 Å². The highest BCUT2D eigenvalue weighted by molar-refractivity contribution is 5.81. The van der Waals surface area contributed by atoms with Gasteiger partial charge in [-0.1, -0.05) is 35.9 Å². The molecule has 1 amide bonds. The molecule has 0 aliphatic carbocycles. The molecule has 0 spiro atoms. The van der Waals surface area contributed by atoms with Crippen LogP contribution in [0.15, 0.2) is 42.5 Å². The van der Waals surface area contributed by atoms with E-state index in [9.17, 15) is 4.79 Å². The molecule has 4 nitrogen and oxygen atoms in total. The van der Waals surface area contributed by atoms with Crippen LogP contribution < -0.4 is 14.8 Å². The predicted molar refractivity (Wildman–Crippen MR) is 95.6 cm³/mol. The monoisotopic (exact) mass is 327 g/mol. The van der Waals surface area contributed by atoms with E-state index in [4.69, 9.17) is 9.47 Å². The van der Waals surface area contributed by atoms with Crippen LogP contribution in [0.5, 0.6) is 11.5 Å². The van der Waals surface area contributed by atoms with E-state index in [1.54, 1.807) is 26.2 Å². The smallest absolute Gasteiger partial charge is 0.261 e. The Bertz CT molecular complexity index is 712. The number of benzene rings is 2. The molecule has 0 aliphatic heterocycles. The van der Waals surface area contributed by atoms with Crippen molar-refractivity contribution in [3.63, 3.8) is 0 Å². The first-order valence-electron chi connectivity index (χ1n) is 8.09. The molecule has 0 fully saturated rings. The number of amides is 1. The van der Waals surface area contributed by atoms with Gasteiger partial charge >= 0.3 is 0 Å². The van der Waals surface area contributed by atoms with E-state index in [2.05, 4.69) is 23.5 Å². The number of methoxy groups -OCH3 is 1. The second-order valence-electron chi connectivity index (χ2n) is 6.00. The van der Waals surface area contributed by atoms with Gasteiger partial charge in [0, 0.05) is 0 Å². The SMILES string of the molecule is COc1ccccc1O[C@H](C)C(=O)N[C@@H](C)c1cc(C)ccc1C. The van der Waals surface area contributed by atoms with Crippen LogP contribution in [0, 0.1) is 13.8 Å². The molecule has 0 saturated carbocycles. The van der Waals surface area contributed by atoms with Crippen LogP contribution in [-0.2, 0) is 4.79 Å². The number of aryl methyl sites for hydroxylation is 2. The van der Waals surface area contributed by atoms with E-state index < -0.39 is 6.10 Å². The highest BCUT2D eigenvalue weighted by Crippen LogP contribution is 2.27. The zero-order valence-electron chi connectivity index (χ0n) is 14.9. The first-order valence-corrected chi connectivity index (χ1v) is 8.09. The Balaban J connectivity index is 2.04. The van der Waals surface area contributed by atoms with Gasteiger partial charge in [-0.25, -0.2) is 0 Å². The average molecular weight is 327 g/mol. The molecule has 2 aromatic carbocycles. The maximum Gasteiger partial charge on any atom is 0.261 e. The third kappa shape index (κ3) is 4.28. The maximum atomic E-state index is 12.5. The summed E-state index contributed by atoms with van der Waals surface area (Å²) in [5.74, 6) is 1.01. The molecule has 0 radical (unpaired) electrons. The molecule has 0 heterocycles. The van der Waals surface area contributed by atoms with Crippen LogP contribution in [0.1, 0.15) is 36.6 Å². The second-order valence-corrected chi connectivity index (χ2v) is 6.00. The molecular weight excluding hydrogens is 302 g/mol. The third-order valence-electron chi connectivity index (χ3n) is 4.00. The molecule has 24 heavy (non-hydrogen) atoms. The van der Waals surface area contributed by atoms with Crippen molar-refractivity contribution in [2.24, 2.45) is 0 Å². The average Bonchev–Trinajstić information content (AvgIpc) is 2.57. The Morgan fingerprint density at radius 1 is 1.04 bits per heavy atom. The third-order valence-corrected chi connectivity index (χ3v) is 4.00. The molecule has 4 heteroatoms. The van der Waals surface area contributed by atoms with Crippen LogP contribution >= 0.6 is 0 Å². The van der Waals surface area contributed by atoms with Crippen molar-refractivity contribution >= 4 is 5.91 Å². The van der Waals surface area contributed by atoms with E-state index in [1.165, 1.54) is 5.56 Å². The molecule has 0 aromatic heterocycles. The van der Waals surface area contributed by atoms with E-state index in [0.29, 0.717) is 11.5 Å². The summed E-state index contributed by atoms with van der Waals surface area (Å²) in [5.41, 5.74) is 3.45. The van der Waals surface area contributed by atoms with Gasteiger partial charge < -0.3 is 14.8 Å². The van der Waals surface area contributed by atoms with Gasteiger partial charge in [-0.05, 0) is 51.0 Å². The summed E-state index contributed by atoms with van der Waals surface area (Å²) < 4.78 is 11.0. The van der Waals surface area contributed by atoms with E-state index in [0.717, 1.165) is 11.1 Å². The number of carbonyl (C=O) groups excluding carboxylic acids is 1. The molecule has 0 saturated heterocycles. The Kier molecular flexibility index (Phi) is 5.85. The van der Waals surface area contributed by atoms with Gasteiger partial charge in [-0.3, -0.25) is 4.79 Å². The van der Waals surface area contributed by atoms with E-state index in [-0.39, 0.29) is 11.9 Å². The Morgan fingerprint density at radius 2 is 1.71 bits per heavy atom. The van der Waals surface area contributed by atoms with Gasteiger partial charge in [0.25, 0.3) is 5.91 Å². The molecule has 2 aromatic rings. The van der Waals surface area contributed by atoms with E-state index >= 15 is 0 Å². The van der Waals surface area contributed by atoms with Crippen molar-refractivity contribution in [2.45, 2.75) is 39.8 Å².